The van der Waals surface area contributed by atoms with Crippen LogP contribution in [0, 0.1) is 11.3 Å². The van der Waals surface area contributed by atoms with Crippen molar-refractivity contribution in [1.29, 1.82) is 5.41 Å². The van der Waals surface area contributed by atoms with E-state index in [1.54, 1.807) is 4.90 Å². The molecule has 5 heteroatoms. The predicted molar refractivity (Wildman–Crippen MR) is 91.1 cm³/mol. The maximum absolute atomic E-state index is 11.9. The van der Waals surface area contributed by atoms with Crippen molar-refractivity contribution in [3.8, 4) is 0 Å². The van der Waals surface area contributed by atoms with E-state index in [4.69, 9.17) is 11.1 Å². The fourth-order valence-electron chi connectivity index (χ4n) is 4.30. The van der Waals surface area contributed by atoms with Crippen molar-refractivity contribution in [3.63, 3.8) is 0 Å². The molecule has 4 N–H and O–H groups in total. The van der Waals surface area contributed by atoms with Gasteiger partial charge in [0.1, 0.15) is 12.3 Å². The van der Waals surface area contributed by atoms with Gasteiger partial charge in [-0.2, -0.15) is 0 Å². The van der Waals surface area contributed by atoms with Gasteiger partial charge in [0.15, 0.2) is 5.96 Å². The topological polar surface area (TPSA) is 82.2 Å². The second-order valence-electron chi connectivity index (χ2n) is 6.77. The molecule has 3 rings (SSSR count). The molecule has 1 aliphatic heterocycles. The average Bonchev–Trinajstić information content (AvgIpc) is 2.87. The zero-order valence-corrected chi connectivity index (χ0v) is 13.7. The summed E-state index contributed by atoms with van der Waals surface area (Å²) in [6, 6.07) is 7.87. The van der Waals surface area contributed by atoms with Crippen molar-refractivity contribution in [3.05, 3.63) is 35.4 Å². The third-order valence-corrected chi connectivity index (χ3v) is 5.61. The molecular formula is C18H26N4O. The lowest BCUT2D eigenvalue weighted by molar-refractivity contribution is -0.113. The summed E-state index contributed by atoms with van der Waals surface area (Å²) in [5, 5.41) is 11.6. The highest BCUT2D eigenvalue weighted by Crippen LogP contribution is 2.45. The minimum Gasteiger partial charge on any atom is -0.344 e. The Morgan fingerprint density at radius 2 is 1.96 bits per heavy atom. The average molecular weight is 314 g/mol. The van der Waals surface area contributed by atoms with Crippen LogP contribution in [0.3, 0.4) is 0 Å². The van der Waals surface area contributed by atoms with E-state index in [9.17, 15) is 4.79 Å². The molecule has 1 saturated carbocycles. The zero-order valence-electron chi connectivity index (χ0n) is 13.7. The Bertz CT molecular complexity index is 579. The summed E-state index contributed by atoms with van der Waals surface area (Å²) in [7, 11) is 1.83. The zero-order chi connectivity index (χ0) is 16.4. The Morgan fingerprint density at radius 3 is 2.52 bits per heavy atom. The van der Waals surface area contributed by atoms with Gasteiger partial charge < -0.3 is 20.7 Å². The Morgan fingerprint density at radius 1 is 1.30 bits per heavy atom. The molecule has 2 fully saturated rings. The van der Waals surface area contributed by atoms with Gasteiger partial charge in [-0.15, -0.1) is 0 Å². The van der Waals surface area contributed by atoms with Crippen LogP contribution in [0.15, 0.2) is 24.3 Å². The van der Waals surface area contributed by atoms with Gasteiger partial charge in [0.05, 0.1) is 5.54 Å². The SMILES string of the molecule is CN1C(=N)NC(c2ccc(CN)cc2)(C2CCCCC2)C1C=O. The number of hydrogen-bond acceptors (Lipinski definition) is 3. The first kappa shape index (κ1) is 16.0. The van der Waals surface area contributed by atoms with E-state index in [-0.39, 0.29) is 6.04 Å². The number of aldehydes is 1. The lowest BCUT2D eigenvalue weighted by Crippen LogP contribution is -2.53. The number of carbonyl (C=O) groups is 1. The largest absolute Gasteiger partial charge is 0.344 e. The molecule has 1 aromatic carbocycles. The van der Waals surface area contributed by atoms with E-state index >= 15 is 0 Å². The quantitative estimate of drug-likeness (QED) is 0.742. The second-order valence-corrected chi connectivity index (χ2v) is 6.77. The summed E-state index contributed by atoms with van der Waals surface area (Å²) >= 11 is 0. The first-order chi connectivity index (χ1) is 11.1. The normalized spacial score (nSPS) is 28.7. The molecule has 2 aliphatic rings. The third-order valence-electron chi connectivity index (χ3n) is 5.61. The van der Waals surface area contributed by atoms with Crippen LogP contribution >= 0.6 is 0 Å². The molecule has 124 valence electrons. The predicted octanol–water partition coefficient (Wildman–Crippen LogP) is 1.96. The second kappa shape index (κ2) is 6.32. The number of nitrogens with zero attached hydrogens (tertiary/aromatic N) is 1. The number of guanidine groups is 1. The number of carbonyl (C=O) groups excluding carboxylic acids is 1. The van der Waals surface area contributed by atoms with Crippen molar-refractivity contribution in [2.24, 2.45) is 11.7 Å². The van der Waals surface area contributed by atoms with Crippen LogP contribution in [0.25, 0.3) is 0 Å². The number of hydrogen-bond donors (Lipinski definition) is 3. The number of likely N-dealkylation sites (N-methyl/N-ethyl adjacent to an activating group) is 1. The highest BCUT2D eigenvalue weighted by atomic mass is 16.1. The summed E-state index contributed by atoms with van der Waals surface area (Å²) in [6.45, 7) is 0.511. The summed E-state index contributed by atoms with van der Waals surface area (Å²) in [4.78, 5) is 13.7. The fraction of sp³-hybridized carbons (Fsp3) is 0.556. The summed E-state index contributed by atoms with van der Waals surface area (Å²) in [6.07, 6.45) is 6.83. The molecule has 1 aliphatic carbocycles. The molecule has 5 nitrogen and oxygen atoms in total. The standard InChI is InChI=1S/C18H26N4O/c1-22-16(12-23)18(21-17(22)20,14-5-3-2-4-6-14)15-9-7-13(11-19)8-10-15/h7-10,12,14,16H,2-6,11,19H2,1H3,(H2,20,21). The number of nitrogens with two attached hydrogens (primary N) is 1. The Kier molecular flexibility index (Phi) is 4.39. The molecule has 2 atom stereocenters. The molecule has 1 heterocycles. The molecule has 0 radical (unpaired) electrons. The van der Waals surface area contributed by atoms with E-state index in [1.165, 1.54) is 19.3 Å². The maximum atomic E-state index is 11.9. The lowest BCUT2D eigenvalue weighted by atomic mass is 9.68. The minimum absolute atomic E-state index is 0.329. The van der Waals surface area contributed by atoms with Gasteiger partial charge in [0.25, 0.3) is 0 Å². The molecule has 0 bridgehead atoms. The van der Waals surface area contributed by atoms with Crippen LogP contribution in [-0.2, 0) is 16.9 Å². The van der Waals surface area contributed by atoms with Crippen molar-refractivity contribution in [2.75, 3.05) is 7.05 Å². The molecule has 0 spiro atoms. The van der Waals surface area contributed by atoms with E-state index < -0.39 is 5.54 Å². The van der Waals surface area contributed by atoms with E-state index in [0.717, 1.165) is 30.3 Å². The van der Waals surface area contributed by atoms with Gasteiger partial charge in [-0.25, -0.2) is 0 Å². The van der Waals surface area contributed by atoms with Crippen LogP contribution in [0.4, 0.5) is 0 Å². The van der Waals surface area contributed by atoms with Crippen molar-refractivity contribution < 1.29 is 4.79 Å². The molecule has 1 saturated heterocycles. The smallest absolute Gasteiger partial charge is 0.192 e. The Balaban J connectivity index is 2.08. The summed E-state index contributed by atoms with van der Waals surface area (Å²) < 4.78 is 0. The van der Waals surface area contributed by atoms with Crippen LogP contribution < -0.4 is 11.1 Å². The minimum atomic E-state index is -0.499. The molecule has 0 aromatic heterocycles. The highest BCUT2D eigenvalue weighted by Gasteiger charge is 2.54. The van der Waals surface area contributed by atoms with Crippen LogP contribution in [0.2, 0.25) is 0 Å². The molecule has 0 amide bonds. The Labute approximate surface area is 137 Å². The van der Waals surface area contributed by atoms with Crippen LogP contribution in [-0.4, -0.2) is 30.2 Å². The van der Waals surface area contributed by atoms with E-state index in [2.05, 4.69) is 17.4 Å². The third kappa shape index (κ3) is 2.53. The number of benzene rings is 1. The fourth-order valence-corrected chi connectivity index (χ4v) is 4.30. The summed E-state index contributed by atoms with van der Waals surface area (Å²) in [5.74, 6) is 0.691. The molecule has 2 unspecified atom stereocenters. The molecular weight excluding hydrogens is 288 g/mol. The van der Waals surface area contributed by atoms with Crippen molar-refractivity contribution in [1.82, 2.24) is 10.2 Å². The van der Waals surface area contributed by atoms with Gasteiger partial charge in [0, 0.05) is 13.6 Å². The first-order valence-corrected chi connectivity index (χ1v) is 8.48. The molecule has 23 heavy (non-hydrogen) atoms. The van der Waals surface area contributed by atoms with Gasteiger partial charge in [-0.05, 0) is 29.9 Å². The molecule has 1 aromatic rings. The van der Waals surface area contributed by atoms with Crippen molar-refractivity contribution >= 4 is 12.2 Å². The van der Waals surface area contributed by atoms with Gasteiger partial charge >= 0.3 is 0 Å². The van der Waals surface area contributed by atoms with E-state index in [1.807, 2.05) is 19.2 Å². The number of rotatable bonds is 4. The first-order valence-electron chi connectivity index (χ1n) is 8.48. The van der Waals surface area contributed by atoms with Gasteiger partial charge in [-0.1, -0.05) is 43.5 Å². The van der Waals surface area contributed by atoms with Gasteiger partial charge in [-0.3, -0.25) is 5.41 Å². The van der Waals surface area contributed by atoms with Crippen molar-refractivity contribution in [2.45, 2.75) is 50.2 Å². The van der Waals surface area contributed by atoms with Crippen LogP contribution in [0.1, 0.15) is 43.2 Å². The monoisotopic (exact) mass is 314 g/mol. The van der Waals surface area contributed by atoms with E-state index in [0.29, 0.717) is 18.4 Å². The Hall–Kier alpha value is -1.88. The number of nitrogens with one attached hydrogen (secondary N) is 2. The summed E-state index contributed by atoms with van der Waals surface area (Å²) in [5.41, 5.74) is 7.38. The lowest BCUT2D eigenvalue weighted by Gasteiger charge is -2.42. The van der Waals surface area contributed by atoms with Gasteiger partial charge in [0.2, 0.25) is 0 Å². The van der Waals surface area contributed by atoms with Crippen LogP contribution in [0.5, 0.6) is 0 Å². The highest BCUT2D eigenvalue weighted by molar-refractivity contribution is 5.86. The maximum Gasteiger partial charge on any atom is 0.192 e.